The van der Waals surface area contributed by atoms with E-state index >= 15 is 0 Å². The van der Waals surface area contributed by atoms with Crippen molar-refractivity contribution >= 4 is 34.9 Å². The lowest BCUT2D eigenvalue weighted by molar-refractivity contribution is 0.414. The van der Waals surface area contributed by atoms with Gasteiger partial charge < -0.3 is 9.72 Å². The Balaban J connectivity index is 2.34. The number of H-pyrrole nitrogens is 1. The molecule has 0 saturated carbocycles. The van der Waals surface area contributed by atoms with Crippen molar-refractivity contribution in [1.29, 1.82) is 0 Å². The number of halogens is 1. The topological polar surface area (TPSA) is 29.9 Å². The zero-order valence-electron chi connectivity index (χ0n) is 11.1. The summed E-state index contributed by atoms with van der Waals surface area (Å²) in [5, 5.41) is 0.628. The van der Waals surface area contributed by atoms with Crippen molar-refractivity contribution in [3.63, 3.8) is 0 Å². The average molecular weight is 305 g/mol. The number of rotatable bonds is 2. The van der Waals surface area contributed by atoms with Crippen molar-refractivity contribution in [1.82, 2.24) is 9.55 Å². The summed E-state index contributed by atoms with van der Waals surface area (Å²) in [6.45, 7) is 2.05. The normalized spacial score (nSPS) is 10.9. The highest BCUT2D eigenvalue weighted by molar-refractivity contribution is 7.71. The number of benzene rings is 2. The quantitative estimate of drug-likeness (QED) is 0.698. The van der Waals surface area contributed by atoms with E-state index in [0.717, 1.165) is 22.5 Å². The molecule has 0 fully saturated rings. The number of hydrogen-bond acceptors (Lipinski definition) is 2. The van der Waals surface area contributed by atoms with Gasteiger partial charge in [-0.15, -0.1) is 0 Å². The van der Waals surface area contributed by atoms with Gasteiger partial charge in [0.2, 0.25) is 0 Å². The van der Waals surface area contributed by atoms with E-state index in [4.69, 9.17) is 28.6 Å². The summed E-state index contributed by atoms with van der Waals surface area (Å²) in [6.07, 6.45) is 0. The fraction of sp³-hybridized carbons (Fsp3) is 0.133. The van der Waals surface area contributed by atoms with Crippen LogP contribution in [-0.2, 0) is 0 Å². The zero-order valence-corrected chi connectivity index (χ0v) is 12.7. The Hall–Kier alpha value is -1.78. The van der Waals surface area contributed by atoms with Crippen molar-refractivity contribution in [2.75, 3.05) is 7.11 Å². The molecule has 0 aliphatic carbocycles. The summed E-state index contributed by atoms with van der Waals surface area (Å²) in [5.74, 6) is 0.743. The van der Waals surface area contributed by atoms with E-state index in [9.17, 15) is 0 Å². The van der Waals surface area contributed by atoms with Crippen LogP contribution in [0.25, 0.3) is 16.7 Å². The summed E-state index contributed by atoms with van der Waals surface area (Å²) in [6, 6.07) is 11.7. The van der Waals surface area contributed by atoms with E-state index in [1.807, 2.05) is 35.8 Å². The van der Waals surface area contributed by atoms with Crippen LogP contribution in [0.1, 0.15) is 5.56 Å². The molecule has 2 aromatic carbocycles. The number of aryl methyl sites for hydroxylation is 1. The highest BCUT2D eigenvalue weighted by Crippen LogP contribution is 2.29. The maximum atomic E-state index is 6.31. The molecule has 0 atom stereocenters. The maximum Gasteiger partial charge on any atom is 0.182 e. The molecular formula is C15H13ClN2OS. The Bertz CT molecular complexity index is 851. The van der Waals surface area contributed by atoms with Gasteiger partial charge in [0, 0.05) is 6.07 Å². The Morgan fingerprint density at radius 3 is 2.75 bits per heavy atom. The molecule has 0 saturated heterocycles. The lowest BCUT2D eigenvalue weighted by Gasteiger charge is -2.09. The minimum absolute atomic E-state index is 0.612. The highest BCUT2D eigenvalue weighted by atomic mass is 35.5. The minimum Gasteiger partial charge on any atom is -0.497 e. The van der Waals surface area contributed by atoms with Gasteiger partial charge in [-0.25, -0.2) is 0 Å². The molecular weight excluding hydrogens is 292 g/mol. The van der Waals surface area contributed by atoms with Crippen LogP contribution in [0.5, 0.6) is 5.75 Å². The van der Waals surface area contributed by atoms with Crippen LogP contribution in [0.3, 0.4) is 0 Å². The highest BCUT2D eigenvalue weighted by Gasteiger charge is 2.11. The molecule has 0 radical (unpaired) electrons. The van der Waals surface area contributed by atoms with E-state index in [1.54, 1.807) is 7.11 Å². The number of imidazole rings is 1. The van der Waals surface area contributed by atoms with Gasteiger partial charge in [0.15, 0.2) is 4.77 Å². The van der Waals surface area contributed by atoms with Crippen LogP contribution in [-0.4, -0.2) is 16.7 Å². The first-order chi connectivity index (χ1) is 9.60. The lowest BCUT2D eigenvalue weighted by Crippen LogP contribution is -1.96. The summed E-state index contributed by atoms with van der Waals surface area (Å²) in [5.41, 5.74) is 3.98. The number of nitrogens with zero attached hydrogens (tertiary/aromatic N) is 1. The maximum absolute atomic E-state index is 6.31. The number of fused-ring (bicyclic) bond motifs is 1. The van der Waals surface area contributed by atoms with Gasteiger partial charge >= 0.3 is 0 Å². The van der Waals surface area contributed by atoms with Gasteiger partial charge in [0.05, 0.1) is 28.9 Å². The molecule has 20 heavy (non-hydrogen) atoms. The van der Waals surface area contributed by atoms with Crippen LogP contribution in [0.15, 0.2) is 36.4 Å². The summed E-state index contributed by atoms with van der Waals surface area (Å²) in [4.78, 5) is 3.21. The third-order valence-corrected chi connectivity index (χ3v) is 3.84. The van der Waals surface area contributed by atoms with Gasteiger partial charge in [-0.3, -0.25) is 4.57 Å². The second kappa shape index (κ2) is 4.96. The van der Waals surface area contributed by atoms with E-state index in [-0.39, 0.29) is 0 Å². The molecule has 0 bridgehead atoms. The Morgan fingerprint density at radius 2 is 2.00 bits per heavy atom. The second-order valence-electron chi connectivity index (χ2n) is 4.60. The zero-order chi connectivity index (χ0) is 14.3. The van der Waals surface area contributed by atoms with Crippen LogP contribution in [0.2, 0.25) is 5.02 Å². The molecule has 3 aromatic rings. The van der Waals surface area contributed by atoms with E-state index in [2.05, 4.69) is 17.1 Å². The largest absolute Gasteiger partial charge is 0.497 e. The third kappa shape index (κ3) is 2.11. The SMILES string of the molecule is COc1ccc(Cl)c(-n2c(=S)[nH]c3cc(C)ccc32)c1. The number of aromatic nitrogens is 2. The molecule has 0 aliphatic rings. The second-order valence-corrected chi connectivity index (χ2v) is 5.40. The number of aromatic amines is 1. The summed E-state index contributed by atoms with van der Waals surface area (Å²) >= 11 is 11.7. The van der Waals surface area contributed by atoms with Gasteiger partial charge in [0.25, 0.3) is 0 Å². The molecule has 0 amide bonds. The van der Waals surface area contributed by atoms with Crippen LogP contribution in [0.4, 0.5) is 0 Å². The lowest BCUT2D eigenvalue weighted by atomic mass is 10.2. The summed E-state index contributed by atoms with van der Waals surface area (Å²) < 4.78 is 7.80. The Kier molecular flexibility index (Phi) is 3.28. The molecule has 5 heteroatoms. The first-order valence-electron chi connectivity index (χ1n) is 6.15. The molecule has 1 aromatic heterocycles. The van der Waals surface area contributed by atoms with Crippen molar-refractivity contribution < 1.29 is 4.74 Å². The van der Waals surface area contributed by atoms with Crippen molar-refractivity contribution in [2.45, 2.75) is 6.92 Å². The molecule has 1 N–H and O–H groups in total. The van der Waals surface area contributed by atoms with Crippen molar-refractivity contribution in [2.24, 2.45) is 0 Å². The number of nitrogens with one attached hydrogen (secondary N) is 1. The molecule has 0 aliphatic heterocycles. The van der Waals surface area contributed by atoms with Gasteiger partial charge in [-0.1, -0.05) is 17.7 Å². The monoisotopic (exact) mass is 304 g/mol. The number of ether oxygens (including phenoxy) is 1. The molecule has 1 heterocycles. The standard InChI is InChI=1S/C15H13ClN2OS/c1-9-3-6-13-12(7-9)17-15(20)18(13)14-8-10(19-2)4-5-11(14)16/h3-8H,1-2H3,(H,17,20). The fourth-order valence-electron chi connectivity index (χ4n) is 2.26. The van der Waals surface area contributed by atoms with Crippen LogP contribution in [0, 0.1) is 11.7 Å². The molecule has 0 unspecified atom stereocenters. The van der Waals surface area contributed by atoms with Gasteiger partial charge in [-0.05, 0) is 49.0 Å². The number of hydrogen-bond donors (Lipinski definition) is 1. The van der Waals surface area contributed by atoms with Crippen molar-refractivity contribution in [3.05, 3.63) is 51.8 Å². The molecule has 102 valence electrons. The fourth-order valence-corrected chi connectivity index (χ4v) is 2.76. The smallest absolute Gasteiger partial charge is 0.182 e. The van der Waals surface area contributed by atoms with Crippen LogP contribution >= 0.6 is 23.8 Å². The van der Waals surface area contributed by atoms with E-state index in [1.165, 1.54) is 5.56 Å². The first kappa shape index (κ1) is 13.2. The number of methoxy groups -OCH3 is 1. The predicted octanol–water partition coefficient (Wildman–Crippen LogP) is 4.66. The Labute approximate surface area is 126 Å². The van der Waals surface area contributed by atoms with E-state index in [0.29, 0.717) is 9.79 Å². The molecule has 3 rings (SSSR count). The van der Waals surface area contributed by atoms with Crippen molar-refractivity contribution in [3.8, 4) is 11.4 Å². The van der Waals surface area contributed by atoms with Crippen LogP contribution < -0.4 is 4.74 Å². The van der Waals surface area contributed by atoms with Gasteiger partial charge in [-0.2, -0.15) is 0 Å². The Morgan fingerprint density at radius 1 is 1.20 bits per heavy atom. The van der Waals surface area contributed by atoms with Gasteiger partial charge in [0.1, 0.15) is 5.75 Å². The molecule has 0 spiro atoms. The predicted molar refractivity (Wildman–Crippen MR) is 84.8 cm³/mol. The molecule has 3 nitrogen and oxygen atoms in total. The minimum atomic E-state index is 0.612. The third-order valence-electron chi connectivity index (χ3n) is 3.23. The average Bonchev–Trinajstić information content (AvgIpc) is 2.74. The van der Waals surface area contributed by atoms with E-state index < -0.39 is 0 Å². The first-order valence-corrected chi connectivity index (χ1v) is 6.94. The summed E-state index contributed by atoms with van der Waals surface area (Å²) in [7, 11) is 1.63.